The molecule has 10 heteroatoms. The van der Waals surface area contributed by atoms with E-state index in [1.807, 2.05) is 0 Å². The van der Waals surface area contributed by atoms with E-state index in [0.29, 0.717) is 11.3 Å². The summed E-state index contributed by atoms with van der Waals surface area (Å²) in [5.74, 6) is -1.65. The molecule has 1 aromatic rings. The lowest BCUT2D eigenvalue weighted by atomic mass is 10.2. The standard InChI is InChI=1S/C11H14N2O6S2/c1-12-10(14)7-6-19-5-4-13(7)21(17,18)9-3-2-8(20-9)11(15)16/h2-3,7H,4-6H2,1H3,(H,12,14)(H,15,16). The Bertz CT molecular complexity index is 653. The van der Waals surface area contributed by atoms with Gasteiger partial charge in [-0.05, 0) is 12.1 Å². The number of aromatic carboxylic acids is 1. The fourth-order valence-electron chi connectivity index (χ4n) is 1.94. The first-order valence-electron chi connectivity index (χ1n) is 6.02. The van der Waals surface area contributed by atoms with Gasteiger partial charge in [0.2, 0.25) is 5.91 Å². The maximum absolute atomic E-state index is 12.6. The highest BCUT2D eigenvalue weighted by molar-refractivity contribution is 7.91. The van der Waals surface area contributed by atoms with Crippen LogP contribution in [0.1, 0.15) is 9.67 Å². The number of sulfonamides is 1. The number of amides is 1. The predicted octanol–water partition coefficient (Wildman–Crippen LogP) is -0.418. The van der Waals surface area contributed by atoms with Crippen LogP contribution in [-0.4, -0.2) is 62.6 Å². The van der Waals surface area contributed by atoms with Gasteiger partial charge >= 0.3 is 5.97 Å². The molecule has 21 heavy (non-hydrogen) atoms. The van der Waals surface area contributed by atoms with E-state index in [4.69, 9.17) is 9.84 Å². The first-order chi connectivity index (χ1) is 9.87. The van der Waals surface area contributed by atoms with Crippen LogP contribution in [0.15, 0.2) is 16.3 Å². The first-order valence-corrected chi connectivity index (χ1v) is 8.28. The van der Waals surface area contributed by atoms with Crippen molar-refractivity contribution in [3.05, 3.63) is 17.0 Å². The van der Waals surface area contributed by atoms with E-state index in [9.17, 15) is 18.0 Å². The Morgan fingerprint density at radius 2 is 2.19 bits per heavy atom. The van der Waals surface area contributed by atoms with Crippen molar-refractivity contribution >= 4 is 33.2 Å². The number of carboxylic acids is 1. The topological polar surface area (TPSA) is 113 Å². The molecule has 116 valence electrons. The summed E-state index contributed by atoms with van der Waals surface area (Å²) in [6, 6.07) is 1.51. The van der Waals surface area contributed by atoms with E-state index in [-0.39, 0.29) is 28.8 Å². The van der Waals surface area contributed by atoms with Gasteiger partial charge in [0.15, 0.2) is 0 Å². The minimum absolute atomic E-state index is 0.0317. The largest absolute Gasteiger partial charge is 0.477 e. The van der Waals surface area contributed by atoms with Crippen LogP contribution in [0.2, 0.25) is 0 Å². The van der Waals surface area contributed by atoms with Gasteiger partial charge < -0.3 is 15.2 Å². The lowest BCUT2D eigenvalue weighted by Gasteiger charge is -2.32. The van der Waals surface area contributed by atoms with Gasteiger partial charge in [-0.25, -0.2) is 13.2 Å². The smallest absolute Gasteiger partial charge is 0.345 e. The van der Waals surface area contributed by atoms with Crippen molar-refractivity contribution in [2.24, 2.45) is 0 Å². The van der Waals surface area contributed by atoms with Crippen LogP contribution < -0.4 is 5.32 Å². The van der Waals surface area contributed by atoms with Crippen LogP contribution in [-0.2, 0) is 19.6 Å². The highest BCUT2D eigenvalue weighted by atomic mass is 32.2. The van der Waals surface area contributed by atoms with Crippen molar-refractivity contribution < 1.29 is 27.9 Å². The third-order valence-corrected chi connectivity index (χ3v) is 6.43. The molecule has 2 rings (SSSR count). The fourth-order valence-corrected chi connectivity index (χ4v) is 4.77. The summed E-state index contributed by atoms with van der Waals surface area (Å²) in [6.07, 6.45) is 0. The van der Waals surface area contributed by atoms with Crippen LogP contribution in [0.4, 0.5) is 0 Å². The average Bonchev–Trinajstić information content (AvgIpc) is 2.97. The van der Waals surface area contributed by atoms with Gasteiger partial charge in [-0.2, -0.15) is 4.31 Å². The normalized spacial score (nSPS) is 20.1. The number of carboxylic acid groups (broad SMARTS) is 1. The summed E-state index contributed by atoms with van der Waals surface area (Å²) < 4.78 is 31.2. The monoisotopic (exact) mass is 334 g/mol. The summed E-state index contributed by atoms with van der Waals surface area (Å²) in [4.78, 5) is 22.6. The molecular weight excluding hydrogens is 320 g/mol. The van der Waals surface area contributed by atoms with Crippen LogP contribution in [0, 0.1) is 0 Å². The van der Waals surface area contributed by atoms with Gasteiger partial charge in [-0.1, -0.05) is 0 Å². The molecule has 1 aliphatic heterocycles. The number of hydrogen-bond donors (Lipinski definition) is 2. The molecule has 0 aromatic carbocycles. The van der Waals surface area contributed by atoms with Gasteiger partial charge in [-0.15, -0.1) is 11.3 Å². The Balaban J connectivity index is 2.35. The molecule has 1 aliphatic rings. The molecule has 2 heterocycles. The highest BCUT2D eigenvalue weighted by Gasteiger charge is 2.38. The van der Waals surface area contributed by atoms with Crippen LogP contribution in [0.5, 0.6) is 0 Å². The Morgan fingerprint density at radius 1 is 1.48 bits per heavy atom. The summed E-state index contributed by atoms with van der Waals surface area (Å²) in [7, 11) is -2.52. The van der Waals surface area contributed by atoms with Gasteiger partial charge in [-0.3, -0.25) is 4.79 Å². The Hall–Kier alpha value is -1.49. The first kappa shape index (κ1) is 15.9. The van der Waals surface area contributed by atoms with Crippen molar-refractivity contribution in [1.29, 1.82) is 0 Å². The van der Waals surface area contributed by atoms with E-state index in [1.165, 1.54) is 19.2 Å². The van der Waals surface area contributed by atoms with Crippen molar-refractivity contribution in [2.75, 3.05) is 26.8 Å². The number of hydrogen-bond acceptors (Lipinski definition) is 6. The summed E-state index contributed by atoms with van der Waals surface area (Å²) in [5.41, 5.74) is 0. The van der Waals surface area contributed by atoms with Crippen molar-refractivity contribution in [3.8, 4) is 0 Å². The second-order valence-electron chi connectivity index (χ2n) is 4.24. The number of thiophene rings is 1. The number of nitrogens with one attached hydrogen (secondary N) is 1. The Kier molecular flexibility index (Phi) is 4.61. The third kappa shape index (κ3) is 3.07. The zero-order chi connectivity index (χ0) is 15.6. The van der Waals surface area contributed by atoms with E-state index in [2.05, 4.69) is 5.32 Å². The number of ether oxygens (including phenoxy) is 1. The summed E-state index contributed by atoms with van der Waals surface area (Å²) >= 11 is 0.661. The lowest BCUT2D eigenvalue weighted by Crippen LogP contribution is -2.55. The molecule has 1 saturated heterocycles. The Labute approximate surface area is 125 Å². The van der Waals surface area contributed by atoms with Crippen LogP contribution in [0.25, 0.3) is 0 Å². The quantitative estimate of drug-likeness (QED) is 0.773. The number of nitrogens with zero attached hydrogens (tertiary/aromatic N) is 1. The van der Waals surface area contributed by atoms with Crippen molar-refractivity contribution in [3.63, 3.8) is 0 Å². The summed E-state index contributed by atoms with van der Waals surface area (Å²) in [5, 5.41) is 11.3. The molecule has 0 saturated carbocycles. The third-order valence-electron chi connectivity index (χ3n) is 2.98. The SMILES string of the molecule is CNC(=O)C1COCCN1S(=O)(=O)c1ccc(C(=O)O)s1. The van der Waals surface area contributed by atoms with Crippen molar-refractivity contribution in [1.82, 2.24) is 9.62 Å². The highest BCUT2D eigenvalue weighted by Crippen LogP contribution is 2.27. The number of carbonyl (C=O) groups excluding carboxylic acids is 1. The van der Waals surface area contributed by atoms with E-state index in [1.54, 1.807) is 0 Å². The molecule has 1 fully saturated rings. The fraction of sp³-hybridized carbons (Fsp3) is 0.455. The molecule has 1 atom stereocenters. The summed E-state index contributed by atoms with van der Waals surface area (Å²) in [6.45, 7) is 0.195. The van der Waals surface area contributed by atoms with Crippen LogP contribution >= 0.6 is 11.3 Å². The average molecular weight is 334 g/mol. The number of likely N-dealkylation sites (N-methyl/N-ethyl adjacent to an activating group) is 1. The molecule has 0 radical (unpaired) electrons. The van der Waals surface area contributed by atoms with Gasteiger partial charge in [0, 0.05) is 13.6 Å². The second-order valence-corrected chi connectivity index (χ2v) is 7.45. The molecule has 2 N–H and O–H groups in total. The molecule has 0 spiro atoms. The second kappa shape index (κ2) is 6.10. The van der Waals surface area contributed by atoms with Gasteiger partial charge in [0.05, 0.1) is 13.2 Å². The molecule has 1 amide bonds. The molecule has 1 unspecified atom stereocenters. The van der Waals surface area contributed by atoms with E-state index in [0.717, 1.165) is 4.31 Å². The van der Waals surface area contributed by atoms with Crippen molar-refractivity contribution in [2.45, 2.75) is 10.3 Å². The molecule has 0 aliphatic carbocycles. The molecular formula is C11H14N2O6S2. The van der Waals surface area contributed by atoms with Crippen LogP contribution in [0.3, 0.4) is 0 Å². The van der Waals surface area contributed by atoms with E-state index < -0.39 is 27.9 Å². The lowest BCUT2D eigenvalue weighted by molar-refractivity contribution is -0.128. The zero-order valence-corrected chi connectivity index (χ0v) is 12.7. The minimum atomic E-state index is -3.93. The predicted molar refractivity (Wildman–Crippen MR) is 73.8 cm³/mol. The molecule has 8 nitrogen and oxygen atoms in total. The minimum Gasteiger partial charge on any atom is -0.477 e. The Morgan fingerprint density at radius 3 is 2.76 bits per heavy atom. The molecule has 1 aromatic heterocycles. The number of carbonyl (C=O) groups is 2. The van der Waals surface area contributed by atoms with Gasteiger partial charge in [0.1, 0.15) is 15.1 Å². The maximum Gasteiger partial charge on any atom is 0.345 e. The van der Waals surface area contributed by atoms with Gasteiger partial charge in [0.25, 0.3) is 10.0 Å². The maximum atomic E-state index is 12.6. The number of morpholine rings is 1. The zero-order valence-electron chi connectivity index (χ0n) is 11.1. The van der Waals surface area contributed by atoms with E-state index >= 15 is 0 Å². The molecule has 0 bridgehead atoms. The number of rotatable bonds is 4.